The number of aromatic nitrogens is 2. The van der Waals surface area contributed by atoms with Crippen LogP contribution in [-0.4, -0.2) is 52.6 Å². The van der Waals surface area contributed by atoms with E-state index in [9.17, 15) is 9.90 Å². The second kappa shape index (κ2) is 8.43. The van der Waals surface area contributed by atoms with E-state index in [1.807, 2.05) is 24.3 Å². The smallest absolute Gasteiger partial charge is 0.413 e. The minimum absolute atomic E-state index is 0.00207. The van der Waals surface area contributed by atoms with Crippen molar-refractivity contribution >= 4 is 17.0 Å². The Morgan fingerprint density at radius 1 is 1.15 bits per heavy atom. The fraction of sp³-hybridized carbons (Fsp3) is 0.211. The lowest BCUT2D eigenvalue weighted by Crippen LogP contribution is -2.22. The number of aliphatic hydroxyl groups excluding tert-OH is 2. The zero-order valence-electron chi connectivity index (χ0n) is 14.6. The van der Waals surface area contributed by atoms with Gasteiger partial charge >= 0.3 is 6.09 Å². The minimum Gasteiger partial charge on any atom is -0.489 e. The van der Waals surface area contributed by atoms with Gasteiger partial charge in [-0.3, -0.25) is 4.98 Å². The van der Waals surface area contributed by atoms with Gasteiger partial charge in [0.05, 0.1) is 18.3 Å². The van der Waals surface area contributed by atoms with Crippen LogP contribution in [0.4, 0.5) is 4.79 Å². The highest BCUT2D eigenvalue weighted by molar-refractivity contribution is 5.85. The molecule has 0 radical (unpaired) electrons. The van der Waals surface area contributed by atoms with Crippen LogP contribution in [0, 0.1) is 0 Å². The Bertz CT molecular complexity index is 930. The number of rotatable bonds is 6. The van der Waals surface area contributed by atoms with Crippen LogP contribution in [-0.2, 0) is 0 Å². The number of nitrogens with one attached hydrogen (secondary N) is 1. The minimum atomic E-state index is -0.925. The first-order valence-corrected chi connectivity index (χ1v) is 8.26. The van der Waals surface area contributed by atoms with E-state index in [4.69, 9.17) is 14.6 Å². The number of benzene rings is 1. The summed E-state index contributed by atoms with van der Waals surface area (Å²) in [7, 11) is 1.48. The first kappa shape index (κ1) is 18.6. The molecule has 1 unspecified atom stereocenters. The van der Waals surface area contributed by atoms with Crippen LogP contribution in [0.25, 0.3) is 22.0 Å². The number of amides is 1. The highest BCUT2D eigenvalue weighted by Gasteiger charge is 2.07. The predicted octanol–water partition coefficient (Wildman–Crippen LogP) is 1.75. The van der Waals surface area contributed by atoms with Gasteiger partial charge in [0.15, 0.2) is 0 Å². The number of pyridine rings is 2. The molecule has 3 N–H and O–H groups in total. The molecule has 2 heterocycles. The average molecular weight is 369 g/mol. The summed E-state index contributed by atoms with van der Waals surface area (Å²) < 4.78 is 10.4. The Morgan fingerprint density at radius 2 is 1.96 bits per heavy atom. The second-order valence-electron chi connectivity index (χ2n) is 5.75. The van der Waals surface area contributed by atoms with Gasteiger partial charge in [-0.1, -0.05) is 12.1 Å². The van der Waals surface area contributed by atoms with Gasteiger partial charge in [-0.05, 0) is 23.8 Å². The van der Waals surface area contributed by atoms with Gasteiger partial charge in [0.2, 0.25) is 5.88 Å². The van der Waals surface area contributed by atoms with Gasteiger partial charge in [-0.2, -0.15) is 0 Å². The molecular weight excluding hydrogens is 350 g/mol. The lowest BCUT2D eigenvalue weighted by Gasteiger charge is -2.10. The highest BCUT2D eigenvalue weighted by atomic mass is 16.6. The maximum absolute atomic E-state index is 11.2. The summed E-state index contributed by atoms with van der Waals surface area (Å²) in [5.74, 6) is 0.726. The van der Waals surface area contributed by atoms with Gasteiger partial charge in [0, 0.05) is 30.3 Å². The Kier molecular flexibility index (Phi) is 5.80. The molecule has 8 nitrogen and oxygen atoms in total. The normalized spacial score (nSPS) is 11.8. The summed E-state index contributed by atoms with van der Waals surface area (Å²) in [4.78, 5) is 19.7. The van der Waals surface area contributed by atoms with E-state index in [0.29, 0.717) is 5.75 Å². The molecule has 0 saturated heterocycles. The summed E-state index contributed by atoms with van der Waals surface area (Å²) >= 11 is 0. The molecule has 0 aliphatic rings. The van der Waals surface area contributed by atoms with E-state index in [1.165, 1.54) is 7.05 Å². The van der Waals surface area contributed by atoms with E-state index in [0.717, 1.165) is 22.0 Å². The van der Waals surface area contributed by atoms with Crippen LogP contribution in [0.3, 0.4) is 0 Å². The number of nitrogens with zero attached hydrogens (tertiary/aromatic N) is 2. The first-order chi connectivity index (χ1) is 13.1. The lowest BCUT2D eigenvalue weighted by molar-refractivity contribution is 0.0535. The van der Waals surface area contributed by atoms with Gasteiger partial charge < -0.3 is 25.0 Å². The van der Waals surface area contributed by atoms with Crippen LogP contribution in [0.5, 0.6) is 11.6 Å². The van der Waals surface area contributed by atoms with Gasteiger partial charge in [0.1, 0.15) is 18.5 Å². The molecule has 3 aromatic rings. The van der Waals surface area contributed by atoms with E-state index in [1.54, 1.807) is 24.5 Å². The first-order valence-electron chi connectivity index (χ1n) is 8.26. The predicted molar refractivity (Wildman–Crippen MR) is 98.6 cm³/mol. The molecule has 27 heavy (non-hydrogen) atoms. The van der Waals surface area contributed by atoms with Gasteiger partial charge in [0.25, 0.3) is 0 Å². The molecule has 0 saturated carbocycles. The van der Waals surface area contributed by atoms with Crippen molar-refractivity contribution in [3.63, 3.8) is 0 Å². The molecule has 0 fully saturated rings. The summed E-state index contributed by atoms with van der Waals surface area (Å²) in [6.07, 6.45) is 1.68. The fourth-order valence-corrected chi connectivity index (χ4v) is 2.36. The number of ether oxygens (including phenoxy) is 2. The molecule has 0 aliphatic carbocycles. The van der Waals surface area contributed by atoms with Crippen molar-refractivity contribution < 1.29 is 24.5 Å². The number of hydrogen-bond donors (Lipinski definition) is 3. The zero-order valence-corrected chi connectivity index (χ0v) is 14.6. The Balaban J connectivity index is 1.77. The van der Waals surface area contributed by atoms with Gasteiger partial charge in [-0.25, -0.2) is 9.78 Å². The molecule has 3 rings (SSSR count). The van der Waals surface area contributed by atoms with E-state index >= 15 is 0 Å². The van der Waals surface area contributed by atoms with Crippen LogP contribution in [0.15, 0.2) is 48.8 Å². The Labute approximate surface area is 155 Å². The maximum atomic E-state index is 11.2. The standard InChI is InChI=1S/C19H19N3O5/c1-20-19(25)27-18-5-4-14(8-22-18)12-2-3-13-6-16(9-21-17(13)7-12)26-11-15(24)10-23/h2-9,15,23-24H,10-11H2,1H3,(H,20,25). The van der Waals surface area contributed by atoms with Crippen molar-refractivity contribution in [2.24, 2.45) is 0 Å². The second-order valence-corrected chi connectivity index (χ2v) is 5.75. The van der Waals surface area contributed by atoms with Crippen LogP contribution in [0.1, 0.15) is 0 Å². The molecule has 2 aromatic heterocycles. The van der Waals surface area contributed by atoms with E-state index in [2.05, 4.69) is 15.3 Å². The van der Waals surface area contributed by atoms with Crippen molar-refractivity contribution in [3.05, 3.63) is 48.8 Å². The van der Waals surface area contributed by atoms with E-state index < -0.39 is 12.2 Å². The molecule has 8 heteroatoms. The number of carbonyl (C=O) groups excluding carboxylic acids is 1. The summed E-state index contributed by atoms with van der Waals surface area (Å²) in [5.41, 5.74) is 2.54. The third kappa shape index (κ3) is 4.69. The molecule has 140 valence electrons. The van der Waals surface area contributed by atoms with Crippen LogP contribution >= 0.6 is 0 Å². The molecule has 0 aliphatic heterocycles. The molecule has 1 aromatic carbocycles. The summed E-state index contributed by atoms with van der Waals surface area (Å²) in [6.45, 7) is -0.358. The lowest BCUT2D eigenvalue weighted by atomic mass is 10.1. The van der Waals surface area contributed by atoms with Crippen molar-refractivity contribution in [2.75, 3.05) is 20.3 Å². The third-order valence-electron chi connectivity index (χ3n) is 3.78. The monoisotopic (exact) mass is 369 g/mol. The van der Waals surface area contributed by atoms with Crippen LogP contribution in [0.2, 0.25) is 0 Å². The SMILES string of the molecule is CNC(=O)Oc1ccc(-c2ccc3cc(OCC(O)CO)cnc3c2)cn1. The zero-order chi connectivity index (χ0) is 19.2. The topological polar surface area (TPSA) is 114 Å². The fourth-order valence-electron chi connectivity index (χ4n) is 2.36. The molecule has 1 amide bonds. The van der Waals surface area contributed by atoms with Crippen molar-refractivity contribution in [1.82, 2.24) is 15.3 Å². The summed E-state index contributed by atoms with van der Waals surface area (Å²) in [6, 6.07) is 11.0. The van der Waals surface area contributed by atoms with Crippen LogP contribution < -0.4 is 14.8 Å². The van der Waals surface area contributed by atoms with Gasteiger partial charge in [-0.15, -0.1) is 0 Å². The number of hydrogen-bond acceptors (Lipinski definition) is 7. The number of carbonyl (C=O) groups is 1. The largest absolute Gasteiger partial charge is 0.489 e. The quantitative estimate of drug-likeness (QED) is 0.606. The highest BCUT2D eigenvalue weighted by Crippen LogP contribution is 2.26. The maximum Gasteiger partial charge on any atom is 0.413 e. The Morgan fingerprint density at radius 3 is 2.67 bits per heavy atom. The number of fused-ring (bicyclic) bond motifs is 1. The third-order valence-corrected chi connectivity index (χ3v) is 3.78. The van der Waals surface area contributed by atoms with Crippen molar-refractivity contribution in [3.8, 4) is 22.8 Å². The average Bonchev–Trinajstić information content (AvgIpc) is 2.71. The molecular formula is C19H19N3O5. The van der Waals surface area contributed by atoms with Crippen molar-refractivity contribution in [2.45, 2.75) is 6.10 Å². The van der Waals surface area contributed by atoms with Crippen molar-refractivity contribution in [1.29, 1.82) is 0 Å². The Hall–Kier alpha value is -3.23. The molecule has 0 spiro atoms. The molecule has 0 bridgehead atoms. The number of aliphatic hydroxyl groups is 2. The molecule has 1 atom stereocenters. The van der Waals surface area contributed by atoms with E-state index in [-0.39, 0.29) is 19.1 Å². The summed E-state index contributed by atoms with van der Waals surface area (Å²) in [5, 5.41) is 21.4.